The van der Waals surface area contributed by atoms with Gasteiger partial charge in [-0.05, 0) is 64.3 Å². The Kier molecular flexibility index (Phi) is 7.43. The van der Waals surface area contributed by atoms with Crippen LogP contribution in [0.5, 0.6) is 0 Å². The number of hydrogen-bond acceptors (Lipinski definition) is 4. The number of carbonyl (C=O) groups is 1. The molecule has 1 aromatic carbocycles. The topological polar surface area (TPSA) is 92.5 Å². The SMILES string of the molecule is CC(C)(C)NS(=O)(=O)c1ccc(C(=O)N2CCCCC2CN)cc1.Cl. The van der Waals surface area contributed by atoms with E-state index in [1.165, 1.54) is 12.1 Å². The van der Waals surface area contributed by atoms with Crippen LogP contribution >= 0.6 is 12.4 Å². The van der Waals surface area contributed by atoms with Gasteiger partial charge in [0.1, 0.15) is 0 Å². The summed E-state index contributed by atoms with van der Waals surface area (Å²) in [6.07, 6.45) is 2.98. The summed E-state index contributed by atoms with van der Waals surface area (Å²) in [7, 11) is -3.60. The molecule has 1 fully saturated rings. The second-order valence-electron chi connectivity index (χ2n) is 7.26. The number of sulfonamides is 1. The fourth-order valence-corrected chi connectivity index (χ4v) is 4.34. The summed E-state index contributed by atoms with van der Waals surface area (Å²) >= 11 is 0. The van der Waals surface area contributed by atoms with Gasteiger partial charge >= 0.3 is 0 Å². The molecule has 25 heavy (non-hydrogen) atoms. The molecule has 0 aliphatic carbocycles. The maximum Gasteiger partial charge on any atom is 0.254 e. The molecule has 1 aliphatic rings. The van der Waals surface area contributed by atoms with E-state index in [1.54, 1.807) is 37.8 Å². The summed E-state index contributed by atoms with van der Waals surface area (Å²) in [6.45, 7) is 6.50. The number of amides is 1. The molecule has 0 spiro atoms. The van der Waals surface area contributed by atoms with Crippen molar-refractivity contribution in [2.45, 2.75) is 56.5 Å². The summed E-state index contributed by atoms with van der Waals surface area (Å²) in [5.41, 5.74) is 5.70. The predicted molar refractivity (Wildman–Crippen MR) is 101 cm³/mol. The van der Waals surface area contributed by atoms with Gasteiger partial charge in [0.2, 0.25) is 10.0 Å². The minimum atomic E-state index is -3.60. The first kappa shape index (κ1) is 21.9. The molecule has 1 heterocycles. The van der Waals surface area contributed by atoms with Gasteiger partial charge in [-0.3, -0.25) is 4.79 Å². The van der Waals surface area contributed by atoms with Gasteiger partial charge in [0.15, 0.2) is 0 Å². The highest BCUT2D eigenvalue weighted by Gasteiger charge is 2.27. The van der Waals surface area contributed by atoms with E-state index in [4.69, 9.17) is 5.73 Å². The third kappa shape index (κ3) is 5.67. The smallest absolute Gasteiger partial charge is 0.254 e. The lowest BCUT2D eigenvalue weighted by Crippen LogP contribution is -2.47. The van der Waals surface area contributed by atoms with Crippen molar-refractivity contribution in [3.63, 3.8) is 0 Å². The monoisotopic (exact) mass is 389 g/mol. The van der Waals surface area contributed by atoms with E-state index >= 15 is 0 Å². The van der Waals surface area contributed by atoms with Crippen molar-refractivity contribution in [1.29, 1.82) is 0 Å². The van der Waals surface area contributed by atoms with Crippen LogP contribution in [-0.4, -0.2) is 43.9 Å². The molecule has 1 amide bonds. The van der Waals surface area contributed by atoms with Crippen LogP contribution in [0.4, 0.5) is 0 Å². The van der Waals surface area contributed by atoms with Crippen LogP contribution in [0.1, 0.15) is 50.4 Å². The van der Waals surface area contributed by atoms with Crippen molar-refractivity contribution >= 4 is 28.3 Å². The average Bonchev–Trinajstić information content (AvgIpc) is 2.52. The normalized spacial score (nSPS) is 18.6. The van der Waals surface area contributed by atoms with Gasteiger partial charge in [0, 0.05) is 30.2 Å². The molecule has 1 saturated heterocycles. The van der Waals surface area contributed by atoms with Crippen LogP contribution in [0.15, 0.2) is 29.2 Å². The lowest BCUT2D eigenvalue weighted by molar-refractivity contribution is 0.0623. The fraction of sp³-hybridized carbons (Fsp3) is 0.588. The van der Waals surface area contributed by atoms with E-state index in [9.17, 15) is 13.2 Å². The number of nitrogens with two attached hydrogens (primary N) is 1. The van der Waals surface area contributed by atoms with Gasteiger partial charge in [-0.25, -0.2) is 13.1 Å². The van der Waals surface area contributed by atoms with E-state index in [0.29, 0.717) is 18.7 Å². The maximum absolute atomic E-state index is 12.7. The summed E-state index contributed by atoms with van der Waals surface area (Å²) < 4.78 is 27.2. The molecule has 1 aromatic rings. The first-order chi connectivity index (χ1) is 11.1. The molecule has 142 valence electrons. The molecule has 0 aromatic heterocycles. The van der Waals surface area contributed by atoms with Crippen LogP contribution in [0.3, 0.4) is 0 Å². The number of carbonyl (C=O) groups excluding carboxylic acids is 1. The average molecular weight is 390 g/mol. The highest BCUT2D eigenvalue weighted by atomic mass is 35.5. The minimum Gasteiger partial charge on any atom is -0.334 e. The highest BCUT2D eigenvalue weighted by Crippen LogP contribution is 2.20. The standard InChI is InChI=1S/C17H27N3O3S.ClH/c1-17(2,3)19-24(22,23)15-9-7-13(8-10-15)16(21)20-11-5-4-6-14(20)12-18;/h7-10,14,19H,4-6,11-12,18H2,1-3H3;1H. The number of hydrogen-bond donors (Lipinski definition) is 2. The molecular weight excluding hydrogens is 362 g/mol. The van der Waals surface area contributed by atoms with Crippen LogP contribution in [-0.2, 0) is 10.0 Å². The van der Waals surface area contributed by atoms with Crippen molar-refractivity contribution in [2.75, 3.05) is 13.1 Å². The van der Waals surface area contributed by atoms with Crippen LogP contribution < -0.4 is 10.5 Å². The number of nitrogens with zero attached hydrogens (tertiary/aromatic N) is 1. The van der Waals surface area contributed by atoms with Crippen LogP contribution in [0, 0.1) is 0 Å². The molecule has 1 unspecified atom stereocenters. The van der Waals surface area contributed by atoms with Crippen molar-refractivity contribution in [2.24, 2.45) is 5.73 Å². The Bertz CT molecular complexity index is 684. The Balaban J connectivity index is 0.00000312. The minimum absolute atomic E-state index is 0. The maximum atomic E-state index is 12.7. The van der Waals surface area contributed by atoms with Gasteiger partial charge in [-0.15, -0.1) is 12.4 Å². The largest absolute Gasteiger partial charge is 0.334 e. The fourth-order valence-electron chi connectivity index (χ4n) is 2.92. The molecule has 1 atom stereocenters. The van der Waals surface area contributed by atoms with E-state index in [1.807, 2.05) is 0 Å². The van der Waals surface area contributed by atoms with Crippen molar-refractivity contribution in [3.05, 3.63) is 29.8 Å². The van der Waals surface area contributed by atoms with Crippen LogP contribution in [0.25, 0.3) is 0 Å². The lowest BCUT2D eigenvalue weighted by atomic mass is 10.0. The zero-order valence-corrected chi connectivity index (χ0v) is 16.6. The summed E-state index contributed by atoms with van der Waals surface area (Å²) in [5.74, 6) is -0.0853. The molecule has 8 heteroatoms. The van der Waals surface area contributed by atoms with Gasteiger partial charge < -0.3 is 10.6 Å². The molecule has 2 rings (SSSR count). The zero-order chi connectivity index (χ0) is 18.0. The quantitative estimate of drug-likeness (QED) is 0.825. The van der Waals surface area contributed by atoms with Crippen LogP contribution in [0.2, 0.25) is 0 Å². The second kappa shape index (κ2) is 8.49. The molecule has 0 bridgehead atoms. The Hall–Kier alpha value is -1.15. The number of nitrogens with one attached hydrogen (secondary N) is 1. The predicted octanol–water partition coefficient (Wildman–Crippen LogP) is 2.14. The van der Waals surface area contributed by atoms with Gasteiger partial charge in [0.05, 0.1) is 4.90 Å². The zero-order valence-electron chi connectivity index (χ0n) is 15.0. The van der Waals surface area contributed by atoms with E-state index < -0.39 is 15.6 Å². The Labute approximate surface area is 156 Å². The summed E-state index contributed by atoms with van der Waals surface area (Å²) in [5, 5.41) is 0. The Morgan fingerprint density at radius 2 is 1.84 bits per heavy atom. The lowest BCUT2D eigenvalue weighted by Gasteiger charge is -2.35. The number of likely N-dealkylation sites (tertiary alicyclic amines) is 1. The third-order valence-corrected chi connectivity index (χ3v) is 5.79. The van der Waals surface area contributed by atoms with Gasteiger partial charge in [-0.2, -0.15) is 0 Å². The van der Waals surface area contributed by atoms with Gasteiger partial charge in [0.25, 0.3) is 5.91 Å². The second-order valence-corrected chi connectivity index (χ2v) is 8.95. The Morgan fingerprint density at radius 3 is 2.36 bits per heavy atom. The van der Waals surface area contributed by atoms with E-state index in [0.717, 1.165) is 19.3 Å². The first-order valence-electron chi connectivity index (χ1n) is 8.29. The molecule has 0 radical (unpaired) electrons. The molecule has 3 N–H and O–H groups in total. The van der Waals surface area contributed by atoms with Gasteiger partial charge in [-0.1, -0.05) is 0 Å². The highest BCUT2D eigenvalue weighted by molar-refractivity contribution is 7.89. The molecule has 1 aliphatic heterocycles. The Morgan fingerprint density at radius 1 is 1.24 bits per heavy atom. The van der Waals surface area contributed by atoms with Crippen molar-refractivity contribution in [3.8, 4) is 0 Å². The number of rotatable bonds is 4. The molecule has 6 nitrogen and oxygen atoms in total. The van der Waals surface area contributed by atoms with Crippen molar-refractivity contribution in [1.82, 2.24) is 9.62 Å². The molecule has 0 saturated carbocycles. The summed E-state index contributed by atoms with van der Waals surface area (Å²) in [6, 6.07) is 6.16. The van der Waals surface area contributed by atoms with E-state index in [2.05, 4.69) is 4.72 Å². The molecular formula is C17H28ClN3O3S. The van der Waals surface area contributed by atoms with Crippen molar-refractivity contribution < 1.29 is 13.2 Å². The number of halogens is 1. The summed E-state index contributed by atoms with van der Waals surface area (Å²) in [4.78, 5) is 14.6. The first-order valence-corrected chi connectivity index (χ1v) is 9.77. The third-order valence-electron chi connectivity index (χ3n) is 4.01. The number of benzene rings is 1. The van der Waals surface area contributed by atoms with E-state index in [-0.39, 0.29) is 29.3 Å². The number of piperidine rings is 1.